The molecule has 0 spiro atoms. The Morgan fingerprint density at radius 3 is 2.67 bits per heavy atom. The molecule has 0 saturated carbocycles. The highest BCUT2D eigenvalue weighted by Crippen LogP contribution is 2.16. The third-order valence-electron chi connectivity index (χ3n) is 3.16. The Labute approximate surface area is 122 Å². The quantitative estimate of drug-likeness (QED) is 0.747. The maximum atomic E-state index is 12.1. The summed E-state index contributed by atoms with van der Waals surface area (Å²) in [5.41, 5.74) is 7.85. The monoisotopic (exact) mass is 278 g/mol. The number of pyridine rings is 1. The van der Waals surface area contributed by atoms with Crippen molar-refractivity contribution in [2.24, 2.45) is 0 Å². The van der Waals surface area contributed by atoms with Gasteiger partial charge in [-0.3, -0.25) is 0 Å². The van der Waals surface area contributed by atoms with Crippen LogP contribution in [0.1, 0.15) is 15.9 Å². The van der Waals surface area contributed by atoms with Crippen LogP contribution in [-0.2, 0) is 11.3 Å². The maximum Gasteiger partial charge on any atom is 0.338 e. The molecule has 4 nitrogen and oxygen atoms in total. The van der Waals surface area contributed by atoms with Gasteiger partial charge in [-0.2, -0.15) is 0 Å². The van der Waals surface area contributed by atoms with Crippen LogP contribution >= 0.6 is 0 Å². The minimum atomic E-state index is -0.349. The van der Waals surface area contributed by atoms with E-state index in [0.717, 1.165) is 16.5 Å². The fourth-order valence-corrected chi connectivity index (χ4v) is 2.07. The lowest BCUT2D eigenvalue weighted by atomic mass is 10.1. The van der Waals surface area contributed by atoms with Crippen molar-refractivity contribution in [2.75, 3.05) is 5.73 Å². The minimum Gasteiger partial charge on any atom is -0.457 e. The number of anilines is 1. The number of esters is 1. The summed E-state index contributed by atoms with van der Waals surface area (Å²) in [6.45, 7) is 0.262. The van der Waals surface area contributed by atoms with Crippen LogP contribution in [0.15, 0.2) is 60.7 Å². The molecule has 0 amide bonds. The van der Waals surface area contributed by atoms with Gasteiger partial charge in [0, 0.05) is 5.39 Å². The van der Waals surface area contributed by atoms with Crippen LogP contribution in [0.4, 0.5) is 5.82 Å². The number of aromatic nitrogens is 1. The number of benzene rings is 2. The van der Waals surface area contributed by atoms with Gasteiger partial charge in [0.25, 0.3) is 0 Å². The molecule has 104 valence electrons. The van der Waals surface area contributed by atoms with E-state index < -0.39 is 0 Å². The number of hydrogen-bond acceptors (Lipinski definition) is 4. The Hall–Kier alpha value is -2.88. The molecule has 2 N–H and O–H groups in total. The van der Waals surface area contributed by atoms with Gasteiger partial charge >= 0.3 is 5.97 Å². The molecule has 3 rings (SSSR count). The molecule has 1 heterocycles. The zero-order valence-corrected chi connectivity index (χ0v) is 11.3. The van der Waals surface area contributed by atoms with Gasteiger partial charge in [0.2, 0.25) is 0 Å². The summed E-state index contributed by atoms with van der Waals surface area (Å²) in [7, 11) is 0. The second-order valence-electron chi connectivity index (χ2n) is 4.71. The smallest absolute Gasteiger partial charge is 0.338 e. The predicted molar refractivity (Wildman–Crippen MR) is 81.7 cm³/mol. The van der Waals surface area contributed by atoms with Crippen LogP contribution in [0, 0.1) is 0 Å². The lowest BCUT2D eigenvalue weighted by molar-refractivity contribution is 0.0473. The Bertz CT molecular complexity index is 785. The van der Waals surface area contributed by atoms with E-state index in [2.05, 4.69) is 4.98 Å². The molecule has 3 aromatic rings. The van der Waals surface area contributed by atoms with Gasteiger partial charge in [-0.25, -0.2) is 9.78 Å². The second kappa shape index (κ2) is 5.63. The van der Waals surface area contributed by atoms with Crippen LogP contribution in [0.25, 0.3) is 10.9 Å². The molecule has 0 fully saturated rings. The molecule has 0 atom stereocenters. The molecule has 0 saturated heterocycles. The molecule has 0 aliphatic carbocycles. The average Bonchev–Trinajstić information content (AvgIpc) is 2.53. The van der Waals surface area contributed by atoms with Crippen molar-refractivity contribution < 1.29 is 9.53 Å². The summed E-state index contributed by atoms with van der Waals surface area (Å²) >= 11 is 0. The summed E-state index contributed by atoms with van der Waals surface area (Å²) in [5.74, 6) is 0.111. The zero-order valence-electron chi connectivity index (χ0n) is 11.3. The summed E-state index contributed by atoms with van der Waals surface area (Å²) in [6, 6.07) is 18.4. The van der Waals surface area contributed by atoms with E-state index in [1.165, 1.54) is 0 Å². The normalized spacial score (nSPS) is 10.5. The van der Waals surface area contributed by atoms with Gasteiger partial charge in [0.1, 0.15) is 12.4 Å². The molecule has 4 heteroatoms. The van der Waals surface area contributed by atoms with Crippen LogP contribution in [-0.4, -0.2) is 11.0 Å². The lowest BCUT2D eigenvalue weighted by Crippen LogP contribution is -2.05. The summed E-state index contributed by atoms with van der Waals surface area (Å²) in [4.78, 5) is 16.3. The molecule has 0 aliphatic heterocycles. The van der Waals surface area contributed by atoms with Gasteiger partial charge in [-0.15, -0.1) is 0 Å². The van der Waals surface area contributed by atoms with E-state index >= 15 is 0 Å². The Balaban J connectivity index is 1.77. The number of ether oxygens (including phenoxy) is 1. The minimum absolute atomic E-state index is 0.262. The van der Waals surface area contributed by atoms with Gasteiger partial charge < -0.3 is 10.5 Å². The van der Waals surface area contributed by atoms with Crippen molar-refractivity contribution in [1.29, 1.82) is 0 Å². The summed E-state index contributed by atoms with van der Waals surface area (Å²) in [5, 5.41) is 0.860. The predicted octanol–water partition coefficient (Wildman–Crippen LogP) is 3.17. The van der Waals surface area contributed by atoms with Gasteiger partial charge in [0.05, 0.1) is 11.1 Å². The number of fused-ring (bicyclic) bond motifs is 1. The van der Waals surface area contributed by atoms with E-state index in [-0.39, 0.29) is 12.6 Å². The molecule has 0 unspecified atom stereocenters. The number of hydrogen-bond donors (Lipinski definition) is 1. The van der Waals surface area contributed by atoms with Crippen LogP contribution in [0.5, 0.6) is 0 Å². The third kappa shape index (κ3) is 3.00. The summed E-state index contributed by atoms with van der Waals surface area (Å²) < 4.78 is 5.30. The van der Waals surface area contributed by atoms with Crippen LogP contribution in [0.2, 0.25) is 0 Å². The number of nitrogens with zero attached hydrogens (tertiary/aromatic N) is 1. The first-order chi connectivity index (χ1) is 10.2. The van der Waals surface area contributed by atoms with Gasteiger partial charge in [-0.1, -0.05) is 30.3 Å². The van der Waals surface area contributed by atoms with Gasteiger partial charge in [0.15, 0.2) is 0 Å². The van der Waals surface area contributed by atoms with Crippen LogP contribution < -0.4 is 5.73 Å². The highest BCUT2D eigenvalue weighted by molar-refractivity contribution is 5.94. The van der Waals surface area contributed by atoms with Crippen molar-refractivity contribution >= 4 is 22.7 Å². The van der Waals surface area contributed by atoms with E-state index in [1.807, 2.05) is 36.4 Å². The van der Waals surface area contributed by atoms with Crippen LogP contribution in [0.3, 0.4) is 0 Å². The molecular weight excluding hydrogens is 264 g/mol. The largest absolute Gasteiger partial charge is 0.457 e. The molecule has 0 radical (unpaired) electrons. The van der Waals surface area contributed by atoms with Crippen molar-refractivity contribution in [3.05, 3.63) is 71.8 Å². The first-order valence-electron chi connectivity index (χ1n) is 6.60. The fourth-order valence-electron chi connectivity index (χ4n) is 2.07. The molecule has 1 aromatic heterocycles. The van der Waals surface area contributed by atoms with E-state index in [4.69, 9.17) is 10.5 Å². The highest BCUT2D eigenvalue weighted by Gasteiger charge is 2.08. The Morgan fingerprint density at radius 1 is 1.05 bits per heavy atom. The molecule has 0 aliphatic rings. The lowest BCUT2D eigenvalue weighted by Gasteiger charge is -2.06. The SMILES string of the molecule is Nc1ccc2cc(C(=O)OCc3ccccc3)ccc2n1. The van der Waals surface area contributed by atoms with Crippen molar-refractivity contribution in [3.63, 3.8) is 0 Å². The first-order valence-corrected chi connectivity index (χ1v) is 6.60. The summed E-state index contributed by atoms with van der Waals surface area (Å²) in [6.07, 6.45) is 0. The number of carbonyl (C=O) groups excluding carboxylic acids is 1. The topological polar surface area (TPSA) is 65.2 Å². The maximum absolute atomic E-state index is 12.1. The average molecular weight is 278 g/mol. The second-order valence-corrected chi connectivity index (χ2v) is 4.71. The zero-order chi connectivity index (χ0) is 14.7. The first kappa shape index (κ1) is 13.1. The van der Waals surface area contributed by atoms with E-state index in [1.54, 1.807) is 24.3 Å². The number of rotatable bonds is 3. The highest BCUT2D eigenvalue weighted by atomic mass is 16.5. The van der Waals surface area contributed by atoms with E-state index in [9.17, 15) is 4.79 Å². The number of carbonyl (C=O) groups is 1. The molecular formula is C17H14N2O2. The molecule has 2 aromatic carbocycles. The third-order valence-corrected chi connectivity index (χ3v) is 3.16. The number of nitrogens with two attached hydrogens (primary N) is 1. The van der Waals surface area contributed by atoms with Crippen molar-refractivity contribution in [2.45, 2.75) is 6.61 Å². The Morgan fingerprint density at radius 2 is 1.86 bits per heavy atom. The molecule has 0 bridgehead atoms. The van der Waals surface area contributed by atoms with Crippen molar-refractivity contribution in [3.8, 4) is 0 Å². The molecule has 21 heavy (non-hydrogen) atoms. The van der Waals surface area contributed by atoms with Crippen molar-refractivity contribution in [1.82, 2.24) is 4.98 Å². The fraction of sp³-hybridized carbons (Fsp3) is 0.0588. The number of nitrogen functional groups attached to an aromatic ring is 1. The Kier molecular flexibility index (Phi) is 3.51. The van der Waals surface area contributed by atoms with E-state index in [0.29, 0.717) is 11.4 Å². The standard InChI is InChI=1S/C17H14N2O2/c18-16-9-7-13-10-14(6-8-15(13)19-16)17(20)21-11-12-4-2-1-3-5-12/h1-10H,11H2,(H2,18,19). The van der Waals surface area contributed by atoms with Gasteiger partial charge in [-0.05, 0) is 35.9 Å².